The van der Waals surface area contributed by atoms with Crippen molar-refractivity contribution in [3.8, 4) is 0 Å². The summed E-state index contributed by atoms with van der Waals surface area (Å²) in [5, 5.41) is 21.2. The van der Waals surface area contributed by atoms with E-state index in [0.29, 0.717) is 0 Å². The molecule has 8 heteroatoms. The Morgan fingerprint density at radius 3 is 2.88 bits per heavy atom. The normalized spacial score (nSPS) is 27.1. The van der Waals surface area contributed by atoms with Crippen LogP contribution in [0.5, 0.6) is 0 Å². The van der Waals surface area contributed by atoms with Crippen molar-refractivity contribution in [2.75, 3.05) is 6.54 Å². The van der Waals surface area contributed by atoms with Crippen molar-refractivity contribution >= 4 is 23.4 Å². The van der Waals surface area contributed by atoms with Crippen molar-refractivity contribution < 1.29 is 15.0 Å². The number of carbonyl (C=O) groups is 1. The van der Waals surface area contributed by atoms with Crippen molar-refractivity contribution in [3.63, 3.8) is 0 Å². The number of nitrogens with two attached hydrogens (primary N) is 1. The first-order valence-corrected chi connectivity index (χ1v) is 5.11. The van der Waals surface area contributed by atoms with E-state index in [1.165, 1.54) is 6.92 Å². The van der Waals surface area contributed by atoms with Gasteiger partial charge in [0.15, 0.2) is 11.9 Å². The predicted octanol–water partition coefficient (Wildman–Crippen LogP) is -2.61. The lowest BCUT2D eigenvalue weighted by atomic mass is 10.1. The SMILES string of the molecule is C[C@@H](O)[C@@H](O)C1=NC2C(=O)NC(N)=NC2=NC1. The molecule has 2 aliphatic rings. The average molecular weight is 239 g/mol. The standard InChI is InChI=1S/C9H13N5O3/c1-3(15)6(16)4-2-11-7-5(12-4)8(17)14-9(10)13-7/h3,5-6,15-16H,2H2,1H3,(H3,10,11,13,14,17)/t3-,5?,6-/m1/s1. The van der Waals surface area contributed by atoms with Crippen molar-refractivity contribution in [2.24, 2.45) is 20.7 Å². The van der Waals surface area contributed by atoms with Gasteiger partial charge in [-0.05, 0) is 6.92 Å². The summed E-state index contributed by atoms with van der Waals surface area (Å²) in [6, 6.07) is -0.889. The second-order valence-corrected chi connectivity index (χ2v) is 3.87. The van der Waals surface area contributed by atoms with Crippen LogP contribution in [0.2, 0.25) is 0 Å². The fourth-order valence-corrected chi connectivity index (χ4v) is 1.58. The fraction of sp³-hybridized carbons (Fsp3) is 0.556. The van der Waals surface area contributed by atoms with Crippen LogP contribution in [0, 0.1) is 0 Å². The molecule has 0 saturated heterocycles. The monoisotopic (exact) mass is 239 g/mol. The molecule has 0 bridgehead atoms. The van der Waals surface area contributed by atoms with Crippen LogP contribution in [0.1, 0.15) is 6.92 Å². The summed E-state index contributed by atoms with van der Waals surface area (Å²) in [5.74, 6) is -0.223. The van der Waals surface area contributed by atoms with Gasteiger partial charge in [-0.25, -0.2) is 0 Å². The van der Waals surface area contributed by atoms with Crippen LogP contribution in [-0.2, 0) is 4.79 Å². The van der Waals surface area contributed by atoms with Gasteiger partial charge < -0.3 is 15.9 Å². The van der Waals surface area contributed by atoms with Gasteiger partial charge in [-0.1, -0.05) is 0 Å². The number of aliphatic imine (C=N–C) groups is 3. The fourth-order valence-electron chi connectivity index (χ4n) is 1.58. The molecule has 8 nitrogen and oxygen atoms in total. The summed E-state index contributed by atoms with van der Waals surface area (Å²) >= 11 is 0. The Labute approximate surface area is 97.0 Å². The number of hydrogen-bond acceptors (Lipinski definition) is 7. The first kappa shape index (κ1) is 11.7. The molecule has 17 heavy (non-hydrogen) atoms. The van der Waals surface area contributed by atoms with Crippen molar-refractivity contribution in [1.82, 2.24) is 5.32 Å². The summed E-state index contributed by atoms with van der Waals surface area (Å²) in [5.41, 5.74) is 5.64. The third-order valence-corrected chi connectivity index (χ3v) is 2.48. The number of rotatable bonds is 2. The first-order chi connectivity index (χ1) is 7.99. The second-order valence-electron chi connectivity index (χ2n) is 3.87. The third-order valence-electron chi connectivity index (χ3n) is 2.48. The molecule has 1 unspecified atom stereocenters. The van der Waals surface area contributed by atoms with Crippen molar-refractivity contribution in [2.45, 2.75) is 25.2 Å². The Hall–Kier alpha value is -1.80. The van der Waals surface area contributed by atoms with Gasteiger partial charge in [0, 0.05) is 0 Å². The molecule has 0 aromatic carbocycles. The van der Waals surface area contributed by atoms with Gasteiger partial charge in [-0.2, -0.15) is 4.99 Å². The van der Waals surface area contributed by atoms with Crippen LogP contribution in [0.4, 0.5) is 0 Å². The Bertz CT molecular complexity index is 440. The molecule has 5 N–H and O–H groups in total. The predicted molar refractivity (Wildman–Crippen MR) is 61.0 cm³/mol. The highest BCUT2D eigenvalue weighted by Gasteiger charge is 2.33. The number of nitrogens with one attached hydrogen (secondary N) is 1. The van der Waals surface area contributed by atoms with E-state index < -0.39 is 24.2 Å². The van der Waals surface area contributed by atoms with Crippen molar-refractivity contribution in [1.29, 1.82) is 0 Å². The zero-order valence-electron chi connectivity index (χ0n) is 9.16. The highest BCUT2D eigenvalue weighted by Crippen LogP contribution is 2.11. The molecule has 0 saturated carbocycles. The van der Waals surface area contributed by atoms with E-state index in [2.05, 4.69) is 20.3 Å². The van der Waals surface area contributed by atoms with E-state index in [9.17, 15) is 15.0 Å². The second kappa shape index (κ2) is 4.22. The Kier molecular flexibility index (Phi) is 2.90. The lowest BCUT2D eigenvalue weighted by molar-refractivity contribution is -0.119. The molecule has 0 aromatic rings. The summed E-state index contributed by atoms with van der Waals surface area (Å²) in [6.45, 7) is 1.53. The van der Waals surface area contributed by atoms with Gasteiger partial charge in [0.05, 0.1) is 18.4 Å². The molecule has 3 atom stereocenters. The van der Waals surface area contributed by atoms with Crippen LogP contribution in [0.25, 0.3) is 0 Å². The molecule has 2 heterocycles. The smallest absolute Gasteiger partial charge is 0.259 e. The summed E-state index contributed by atoms with van der Waals surface area (Å²) in [4.78, 5) is 23.5. The van der Waals surface area contributed by atoms with Crippen LogP contribution in [0.3, 0.4) is 0 Å². The summed E-state index contributed by atoms with van der Waals surface area (Å²) in [6.07, 6.45) is -2.10. The number of aliphatic hydroxyl groups excluding tert-OH is 2. The van der Waals surface area contributed by atoms with E-state index in [1.807, 2.05) is 0 Å². The van der Waals surface area contributed by atoms with E-state index in [4.69, 9.17) is 5.73 Å². The molecule has 92 valence electrons. The van der Waals surface area contributed by atoms with Gasteiger partial charge >= 0.3 is 0 Å². The van der Waals surface area contributed by atoms with Crippen molar-refractivity contribution in [3.05, 3.63) is 0 Å². The molecule has 0 fully saturated rings. The highest BCUT2D eigenvalue weighted by molar-refractivity contribution is 6.21. The summed E-state index contributed by atoms with van der Waals surface area (Å²) in [7, 11) is 0. The molecule has 1 amide bonds. The minimum Gasteiger partial charge on any atom is -0.390 e. The molecule has 0 aromatic heterocycles. The molecular formula is C9H13N5O3. The Morgan fingerprint density at radius 2 is 2.24 bits per heavy atom. The van der Waals surface area contributed by atoms with E-state index in [1.54, 1.807) is 0 Å². The van der Waals surface area contributed by atoms with Crippen LogP contribution in [-0.4, -0.2) is 58.4 Å². The van der Waals surface area contributed by atoms with Gasteiger partial charge in [-0.15, -0.1) is 0 Å². The number of fused-ring (bicyclic) bond motifs is 1. The van der Waals surface area contributed by atoms with Gasteiger partial charge in [0.25, 0.3) is 5.91 Å². The van der Waals surface area contributed by atoms with Crippen LogP contribution in [0.15, 0.2) is 15.0 Å². The van der Waals surface area contributed by atoms with Gasteiger partial charge in [-0.3, -0.25) is 20.1 Å². The number of aliphatic hydroxyl groups is 2. The van der Waals surface area contributed by atoms with Gasteiger partial charge in [0.1, 0.15) is 6.10 Å². The molecule has 2 aliphatic heterocycles. The number of guanidine groups is 1. The quantitative estimate of drug-likeness (QED) is 0.420. The molecule has 0 radical (unpaired) electrons. The number of nitrogens with zero attached hydrogens (tertiary/aromatic N) is 3. The maximum atomic E-state index is 11.6. The Morgan fingerprint density at radius 1 is 1.53 bits per heavy atom. The molecule has 0 aliphatic carbocycles. The minimum atomic E-state index is -1.13. The lowest BCUT2D eigenvalue weighted by Gasteiger charge is -2.25. The number of amidine groups is 1. The highest BCUT2D eigenvalue weighted by atomic mass is 16.3. The van der Waals surface area contributed by atoms with Crippen LogP contribution < -0.4 is 11.1 Å². The van der Waals surface area contributed by atoms with E-state index in [-0.39, 0.29) is 24.1 Å². The molecular weight excluding hydrogens is 226 g/mol. The largest absolute Gasteiger partial charge is 0.390 e. The van der Waals surface area contributed by atoms with Gasteiger partial charge in [0.2, 0.25) is 5.96 Å². The molecule has 2 rings (SSSR count). The summed E-state index contributed by atoms with van der Waals surface area (Å²) < 4.78 is 0. The third kappa shape index (κ3) is 2.17. The topological polar surface area (TPSA) is 133 Å². The zero-order chi connectivity index (χ0) is 12.6. The van der Waals surface area contributed by atoms with E-state index in [0.717, 1.165) is 0 Å². The van der Waals surface area contributed by atoms with E-state index >= 15 is 0 Å². The number of amides is 1. The lowest BCUT2D eigenvalue weighted by Crippen LogP contribution is -2.52. The van der Waals surface area contributed by atoms with Crippen LogP contribution >= 0.6 is 0 Å². The first-order valence-electron chi connectivity index (χ1n) is 5.11. The number of carbonyl (C=O) groups excluding carboxylic acids is 1. The maximum absolute atomic E-state index is 11.6. The zero-order valence-corrected chi connectivity index (χ0v) is 9.16. The molecule has 0 spiro atoms. The maximum Gasteiger partial charge on any atom is 0.259 e. The Balaban J connectivity index is 2.25. The number of hydrogen-bond donors (Lipinski definition) is 4. The minimum absolute atomic E-state index is 0.0141. The average Bonchev–Trinajstić information content (AvgIpc) is 2.27.